The molecule has 0 rings (SSSR count). The zero-order valence-corrected chi connectivity index (χ0v) is 34.7. The Balaban J connectivity index is 4.60. The van der Waals surface area contributed by atoms with Gasteiger partial charge in [-0.3, -0.25) is 14.5 Å². The lowest BCUT2D eigenvalue weighted by atomic mass is 10.1. The summed E-state index contributed by atoms with van der Waals surface area (Å²) in [6.07, 6.45) is 29.9. The molecule has 0 spiro atoms. The minimum absolute atomic E-state index is 0.0335. The molecule has 53 heavy (non-hydrogen) atoms. The van der Waals surface area contributed by atoms with Gasteiger partial charge < -0.3 is 14.8 Å². The number of ether oxygens (including phenoxy) is 2. The van der Waals surface area contributed by atoms with E-state index in [1.54, 1.807) is 0 Å². The third-order valence-corrected chi connectivity index (χ3v) is 9.63. The Morgan fingerprint density at radius 2 is 0.887 bits per heavy atom. The van der Waals surface area contributed by atoms with Gasteiger partial charge in [-0.2, -0.15) is 0 Å². The molecule has 0 saturated heterocycles. The highest BCUT2D eigenvalue weighted by Gasteiger charge is 2.24. The van der Waals surface area contributed by atoms with Gasteiger partial charge in [0.15, 0.2) is 0 Å². The Bertz CT molecular complexity index is 807. The number of hydrogen-bond acceptors (Lipinski definition) is 10. The summed E-state index contributed by atoms with van der Waals surface area (Å²) >= 11 is 0. The second-order valence-corrected chi connectivity index (χ2v) is 14.4. The summed E-state index contributed by atoms with van der Waals surface area (Å²) in [4.78, 5) is 60.0. The first-order valence-electron chi connectivity index (χ1n) is 21.6. The van der Waals surface area contributed by atoms with Crippen LogP contribution in [0.4, 0.5) is 0 Å². The molecular formula is C42H82N2O9. The zero-order valence-electron chi connectivity index (χ0n) is 34.7. The third kappa shape index (κ3) is 36.9. The van der Waals surface area contributed by atoms with E-state index in [9.17, 15) is 14.4 Å². The fraction of sp³-hybridized carbons (Fsp3) is 0.929. The highest BCUT2D eigenvalue weighted by Crippen LogP contribution is 2.14. The number of nitrogens with one attached hydrogen (secondary N) is 1. The zero-order chi connectivity index (χ0) is 38.9. The summed E-state index contributed by atoms with van der Waals surface area (Å²) in [5.41, 5.74) is 0. The van der Waals surface area contributed by atoms with Crippen molar-refractivity contribution in [3.8, 4) is 0 Å². The molecule has 1 unspecified atom stereocenters. The molecule has 0 heterocycles. The van der Waals surface area contributed by atoms with Gasteiger partial charge in [-0.15, -0.1) is 0 Å². The Morgan fingerprint density at radius 3 is 1.30 bits per heavy atom. The molecule has 1 atom stereocenters. The molecule has 0 aliphatic carbocycles. The highest BCUT2D eigenvalue weighted by molar-refractivity contribution is 5.85. The van der Waals surface area contributed by atoms with Gasteiger partial charge in [0, 0.05) is 32.5 Å². The molecule has 1 amide bonds. The molecule has 11 heteroatoms. The molecule has 0 aliphatic heterocycles. The van der Waals surface area contributed by atoms with Crippen molar-refractivity contribution in [3.63, 3.8) is 0 Å². The SMILES string of the molecule is CCCCCCCCCCCCCCOC(=O)CCC(NC(=O)CCN(CCOOC)CCOOC)C(=O)OCCCCCCCCCCCCCC. The van der Waals surface area contributed by atoms with Crippen molar-refractivity contribution in [3.05, 3.63) is 0 Å². The van der Waals surface area contributed by atoms with Crippen LogP contribution in [-0.4, -0.2) is 89.1 Å². The van der Waals surface area contributed by atoms with E-state index in [4.69, 9.17) is 19.2 Å². The molecule has 11 nitrogen and oxygen atoms in total. The minimum atomic E-state index is -0.916. The molecule has 0 aromatic heterocycles. The third-order valence-electron chi connectivity index (χ3n) is 9.63. The quantitative estimate of drug-likeness (QED) is 0.0279. The van der Waals surface area contributed by atoms with Crippen molar-refractivity contribution in [2.24, 2.45) is 0 Å². The van der Waals surface area contributed by atoms with Gasteiger partial charge >= 0.3 is 11.9 Å². The van der Waals surface area contributed by atoms with E-state index in [0.717, 1.165) is 38.5 Å². The second-order valence-electron chi connectivity index (χ2n) is 14.4. The van der Waals surface area contributed by atoms with Crippen LogP contribution in [0, 0.1) is 0 Å². The maximum absolute atomic E-state index is 13.1. The summed E-state index contributed by atoms with van der Waals surface area (Å²) in [6.45, 7) is 7.27. The van der Waals surface area contributed by atoms with E-state index < -0.39 is 12.0 Å². The van der Waals surface area contributed by atoms with Gasteiger partial charge in [-0.05, 0) is 19.3 Å². The summed E-state index contributed by atoms with van der Waals surface area (Å²) < 4.78 is 11.1. The minimum Gasteiger partial charge on any atom is -0.466 e. The first-order chi connectivity index (χ1) is 26.0. The predicted octanol–water partition coefficient (Wildman–Crippen LogP) is 9.59. The van der Waals surface area contributed by atoms with E-state index in [0.29, 0.717) is 46.1 Å². The summed E-state index contributed by atoms with van der Waals surface area (Å²) in [6, 6.07) is -0.916. The van der Waals surface area contributed by atoms with Crippen molar-refractivity contribution in [1.29, 1.82) is 0 Å². The molecule has 0 radical (unpaired) electrons. The molecule has 0 aliphatic rings. The molecular weight excluding hydrogens is 676 g/mol. The normalized spacial score (nSPS) is 11.9. The van der Waals surface area contributed by atoms with Gasteiger partial charge in [-0.25, -0.2) is 24.3 Å². The largest absolute Gasteiger partial charge is 0.466 e. The lowest BCUT2D eigenvalue weighted by Crippen LogP contribution is -2.43. The van der Waals surface area contributed by atoms with Crippen molar-refractivity contribution in [2.75, 3.05) is 60.3 Å². The van der Waals surface area contributed by atoms with Crippen LogP contribution in [0.3, 0.4) is 0 Å². The van der Waals surface area contributed by atoms with E-state index in [1.165, 1.54) is 130 Å². The van der Waals surface area contributed by atoms with E-state index >= 15 is 0 Å². The van der Waals surface area contributed by atoms with Crippen LogP contribution in [-0.2, 0) is 43.4 Å². The Labute approximate surface area is 324 Å². The van der Waals surface area contributed by atoms with E-state index in [1.807, 2.05) is 4.90 Å². The molecule has 0 aromatic carbocycles. The van der Waals surface area contributed by atoms with Gasteiger partial charge in [0.2, 0.25) is 5.91 Å². The second kappa shape index (κ2) is 41.4. The molecule has 0 saturated carbocycles. The van der Waals surface area contributed by atoms with Crippen LogP contribution in [0.2, 0.25) is 0 Å². The Hall–Kier alpha value is -1.79. The van der Waals surface area contributed by atoms with Crippen LogP contribution in [0.25, 0.3) is 0 Å². The lowest BCUT2D eigenvalue weighted by molar-refractivity contribution is -0.280. The molecule has 0 fully saturated rings. The fourth-order valence-electron chi connectivity index (χ4n) is 6.29. The van der Waals surface area contributed by atoms with Crippen LogP contribution in [0.5, 0.6) is 0 Å². The van der Waals surface area contributed by atoms with Crippen molar-refractivity contribution in [2.45, 2.75) is 193 Å². The first-order valence-corrected chi connectivity index (χ1v) is 21.6. The predicted molar refractivity (Wildman–Crippen MR) is 212 cm³/mol. The Kier molecular flexibility index (Phi) is 40.0. The van der Waals surface area contributed by atoms with Crippen LogP contribution >= 0.6 is 0 Å². The first kappa shape index (κ1) is 51.2. The van der Waals surface area contributed by atoms with Crippen molar-refractivity contribution >= 4 is 17.8 Å². The molecule has 0 bridgehead atoms. The molecule has 314 valence electrons. The van der Waals surface area contributed by atoms with Gasteiger partial charge in [0.25, 0.3) is 0 Å². The summed E-state index contributed by atoms with van der Waals surface area (Å²) in [5.74, 6) is -1.16. The number of carbonyl (C=O) groups is 3. The number of carbonyl (C=O) groups excluding carboxylic acids is 3. The van der Waals surface area contributed by atoms with Crippen LogP contribution in [0.15, 0.2) is 0 Å². The highest BCUT2D eigenvalue weighted by atomic mass is 17.2. The number of rotatable bonds is 42. The van der Waals surface area contributed by atoms with Gasteiger partial charge in [0.05, 0.1) is 40.6 Å². The number of esters is 2. The summed E-state index contributed by atoms with van der Waals surface area (Å²) in [5, 5.41) is 2.82. The standard InChI is InChI=1S/C42H82N2O9/c1-5-7-9-11-13-15-17-19-21-23-25-27-35-50-41(46)30-29-39(43-40(45)31-32-44(33-37-52-48-3)34-38-53-49-4)42(47)51-36-28-26-24-22-20-18-16-14-12-10-8-6-2/h39H,5-38H2,1-4H3,(H,43,45). The molecule has 0 aromatic rings. The van der Waals surface area contributed by atoms with Gasteiger partial charge in [-0.1, -0.05) is 155 Å². The van der Waals surface area contributed by atoms with Gasteiger partial charge in [0.1, 0.15) is 6.04 Å². The molecule has 1 N–H and O–H groups in total. The average molecular weight is 759 g/mol. The summed E-state index contributed by atoms with van der Waals surface area (Å²) in [7, 11) is 2.89. The Morgan fingerprint density at radius 1 is 0.491 bits per heavy atom. The number of amides is 1. The van der Waals surface area contributed by atoms with E-state index in [-0.39, 0.29) is 31.1 Å². The van der Waals surface area contributed by atoms with E-state index in [2.05, 4.69) is 28.9 Å². The van der Waals surface area contributed by atoms with Crippen LogP contribution < -0.4 is 5.32 Å². The topological polar surface area (TPSA) is 122 Å². The maximum atomic E-state index is 13.1. The fourth-order valence-corrected chi connectivity index (χ4v) is 6.29. The monoisotopic (exact) mass is 759 g/mol. The van der Waals surface area contributed by atoms with Crippen molar-refractivity contribution in [1.82, 2.24) is 10.2 Å². The van der Waals surface area contributed by atoms with Crippen molar-refractivity contribution < 1.29 is 43.4 Å². The number of nitrogens with zero attached hydrogens (tertiary/aromatic N) is 1. The smallest absolute Gasteiger partial charge is 0.328 e. The number of hydrogen-bond donors (Lipinski definition) is 1. The van der Waals surface area contributed by atoms with Crippen LogP contribution in [0.1, 0.15) is 187 Å². The lowest BCUT2D eigenvalue weighted by Gasteiger charge is -2.22. The average Bonchev–Trinajstić information content (AvgIpc) is 3.15. The number of unbranched alkanes of at least 4 members (excludes halogenated alkanes) is 22. The maximum Gasteiger partial charge on any atom is 0.328 e.